The molecule has 0 bridgehead atoms. The molecule has 0 spiro atoms. The second kappa shape index (κ2) is 7.62. The number of halogens is 6. The van der Waals surface area contributed by atoms with Gasteiger partial charge in [0.15, 0.2) is 5.82 Å². The molecule has 3 aromatic rings. The smallest absolute Gasteiger partial charge is 0.364 e. The first kappa shape index (κ1) is 21.3. The third-order valence-electron chi connectivity index (χ3n) is 5.12. The summed E-state index contributed by atoms with van der Waals surface area (Å²) >= 11 is 0. The summed E-state index contributed by atoms with van der Waals surface area (Å²) in [5.41, 5.74) is -3.16. The van der Waals surface area contributed by atoms with Crippen LogP contribution < -0.4 is 5.32 Å². The molecule has 2 aromatic heterocycles. The third-order valence-corrected chi connectivity index (χ3v) is 5.12. The number of nitrogens with zero attached hydrogens (tertiary/aromatic N) is 5. The Morgan fingerprint density at radius 3 is 2.39 bits per heavy atom. The second-order valence-electron chi connectivity index (χ2n) is 7.41. The van der Waals surface area contributed by atoms with Gasteiger partial charge in [0.1, 0.15) is 16.6 Å². The molecule has 0 radical (unpaired) electrons. The zero-order valence-electron chi connectivity index (χ0n) is 16.1. The molecule has 1 aromatic carbocycles. The number of piperidine rings is 1. The van der Waals surface area contributed by atoms with E-state index in [4.69, 9.17) is 0 Å². The van der Waals surface area contributed by atoms with Gasteiger partial charge in [-0.05, 0) is 44.6 Å². The van der Waals surface area contributed by atoms with Crippen LogP contribution in [0.1, 0.15) is 24.0 Å². The van der Waals surface area contributed by atoms with E-state index in [2.05, 4.69) is 30.9 Å². The van der Waals surface area contributed by atoms with E-state index in [1.807, 2.05) is 11.9 Å². The molecule has 31 heavy (non-hydrogen) atoms. The van der Waals surface area contributed by atoms with Crippen LogP contribution in [0, 0.1) is 0 Å². The van der Waals surface area contributed by atoms with Gasteiger partial charge < -0.3 is 10.2 Å². The predicted molar refractivity (Wildman–Crippen MR) is 99.1 cm³/mol. The van der Waals surface area contributed by atoms with Crippen LogP contribution in [0.15, 0.2) is 18.2 Å². The van der Waals surface area contributed by atoms with Gasteiger partial charge >= 0.3 is 12.4 Å². The molecule has 1 aliphatic heterocycles. The standard InChI is InChI=1S/C18H17F6N7/c1-31-6-2-3-9(8-31)25-16-12(18(22,23)24)7-13(26-29-16)10-4-5-11(17(19,20)21)15-14(10)27-30-28-15/h4-5,7,9H,2-3,6,8H2,1H3,(H,25,29)(H,27,28,30)/t9-/m1/s1. The molecule has 0 unspecified atom stereocenters. The van der Waals surface area contributed by atoms with E-state index in [-0.39, 0.29) is 22.8 Å². The van der Waals surface area contributed by atoms with E-state index in [9.17, 15) is 26.3 Å². The number of nitrogens with one attached hydrogen (secondary N) is 2. The molecule has 3 heterocycles. The number of fused-ring (bicyclic) bond motifs is 1. The number of aromatic nitrogens is 5. The van der Waals surface area contributed by atoms with Crippen LogP contribution in [0.25, 0.3) is 22.3 Å². The summed E-state index contributed by atoms with van der Waals surface area (Å²) in [7, 11) is 1.88. The van der Waals surface area contributed by atoms with Crippen molar-refractivity contribution in [1.82, 2.24) is 30.5 Å². The lowest BCUT2D eigenvalue weighted by molar-refractivity contribution is -0.137. The topological polar surface area (TPSA) is 82.6 Å². The number of hydrogen-bond donors (Lipinski definition) is 2. The van der Waals surface area contributed by atoms with Gasteiger partial charge in [0.25, 0.3) is 0 Å². The summed E-state index contributed by atoms with van der Waals surface area (Å²) in [5, 5.41) is 19.6. The van der Waals surface area contributed by atoms with Gasteiger partial charge in [0.2, 0.25) is 0 Å². The van der Waals surface area contributed by atoms with Crippen molar-refractivity contribution in [2.24, 2.45) is 0 Å². The van der Waals surface area contributed by atoms with Crippen molar-refractivity contribution < 1.29 is 26.3 Å². The number of H-pyrrole nitrogens is 1. The Labute approximate surface area is 171 Å². The van der Waals surface area contributed by atoms with Crippen molar-refractivity contribution in [3.05, 3.63) is 29.3 Å². The fourth-order valence-electron chi connectivity index (χ4n) is 3.69. The molecule has 4 rings (SSSR count). The number of hydrogen-bond acceptors (Lipinski definition) is 6. The largest absolute Gasteiger partial charge is 0.420 e. The first-order valence-corrected chi connectivity index (χ1v) is 9.35. The fourth-order valence-corrected chi connectivity index (χ4v) is 3.69. The molecule has 0 aliphatic carbocycles. The van der Waals surface area contributed by atoms with Crippen LogP contribution in [0.2, 0.25) is 0 Å². The monoisotopic (exact) mass is 445 g/mol. The molecule has 166 valence electrons. The molecule has 7 nitrogen and oxygen atoms in total. The maximum atomic E-state index is 13.7. The Hall–Kier alpha value is -2.96. The third kappa shape index (κ3) is 4.27. The maximum Gasteiger partial charge on any atom is 0.420 e. The van der Waals surface area contributed by atoms with Gasteiger partial charge in [0.05, 0.1) is 11.3 Å². The number of rotatable bonds is 3. The molecular weight excluding hydrogens is 428 g/mol. The van der Waals surface area contributed by atoms with Crippen LogP contribution in [0.5, 0.6) is 0 Å². The SMILES string of the molecule is CN1CCC[C@@H](Nc2nnc(-c3ccc(C(F)(F)F)c4n[nH]nc34)cc2C(F)(F)F)C1. The van der Waals surface area contributed by atoms with E-state index >= 15 is 0 Å². The van der Waals surface area contributed by atoms with Crippen molar-refractivity contribution >= 4 is 16.9 Å². The quantitative estimate of drug-likeness (QED) is 0.594. The summed E-state index contributed by atoms with van der Waals surface area (Å²) in [5.74, 6) is -0.417. The van der Waals surface area contributed by atoms with Gasteiger partial charge in [-0.25, -0.2) is 0 Å². The van der Waals surface area contributed by atoms with E-state index < -0.39 is 34.8 Å². The van der Waals surface area contributed by atoms with E-state index in [1.165, 1.54) is 0 Å². The number of alkyl halides is 6. The number of likely N-dealkylation sites (N-methyl/N-ethyl adjacent to an activating group) is 1. The van der Waals surface area contributed by atoms with Crippen LogP contribution in [-0.2, 0) is 12.4 Å². The number of aromatic amines is 1. The molecule has 1 aliphatic rings. The van der Waals surface area contributed by atoms with E-state index in [1.54, 1.807) is 0 Å². The first-order valence-electron chi connectivity index (χ1n) is 9.35. The lowest BCUT2D eigenvalue weighted by atomic mass is 10.0. The number of benzene rings is 1. The molecule has 2 N–H and O–H groups in total. The maximum absolute atomic E-state index is 13.7. The van der Waals surface area contributed by atoms with Gasteiger partial charge in [-0.15, -0.1) is 10.2 Å². The molecule has 1 atom stereocenters. The van der Waals surface area contributed by atoms with E-state index in [0.29, 0.717) is 13.0 Å². The molecule has 0 saturated carbocycles. The molecule has 13 heteroatoms. The Balaban J connectivity index is 1.76. The normalized spacial score (nSPS) is 18.5. The highest BCUT2D eigenvalue weighted by Gasteiger charge is 2.37. The molecular formula is C18H17F6N7. The first-order chi connectivity index (χ1) is 14.5. The Morgan fingerprint density at radius 2 is 1.71 bits per heavy atom. The van der Waals surface area contributed by atoms with Gasteiger partial charge in [-0.1, -0.05) is 0 Å². The highest BCUT2D eigenvalue weighted by molar-refractivity contribution is 5.92. The Morgan fingerprint density at radius 1 is 1.00 bits per heavy atom. The predicted octanol–water partition coefficient (Wildman–Crippen LogP) is 3.96. The Bertz CT molecular complexity index is 1090. The number of anilines is 1. The van der Waals surface area contributed by atoms with E-state index in [0.717, 1.165) is 31.2 Å². The van der Waals surface area contributed by atoms with Crippen LogP contribution >= 0.6 is 0 Å². The molecule has 1 fully saturated rings. The summed E-state index contributed by atoms with van der Waals surface area (Å²) in [6.45, 7) is 1.41. The molecule has 0 amide bonds. The lowest BCUT2D eigenvalue weighted by Gasteiger charge is -2.31. The summed E-state index contributed by atoms with van der Waals surface area (Å²) < 4.78 is 80.8. The fraction of sp³-hybridized carbons (Fsp3) is 0.444. The highest BCUT2D eigenvalue weighted by Crippen LogP contribution is 2.39. The minimum atomic E-state index is -4.75. The number of likely N-dealkylation sites (tertiary alicyclic amines) is 1. The zero-order chi connectivity index (χ0) is 22.4. The van der Waals surface area contributed by atoms with Crippen LogP contribution in [-0.4, -0.2) is 56.7 Å². The van der Waals surface area contributed by atoms with Gasteiger partial charge in [-0.3, -0.25) is 0 Å². The minimum Gasteiger partial charge on any atom is -0.364 e. The van der Waals surface area contributed by atoms with Gasteiger partial charge in [-0.2, -0.15) is 41.8 Å². The van der Waals surface area contributed by atoms with Crippen molar-refractivity contribution in [3.8, 4) is 11.3 Å². The second-order valence-corrected chi connectivity index (χ2v) is 7.41. The minimum absolute atomic E-state index is 0.0429. The van der Waals surface area contributed by atoms with Crippen molar-refractivity contribution in [1.29, 1.82) is 0 Å². The average molecular weight is 445 g/mol. The zero-order valence-corrected chi connectivity index (χ0v) is 16.1. The van der Waals surface area contributed by atoms with Crippen LogP contribution in [0.4, 0.5) is 32.2 Å². The summed E-state index contributed by atoms with van der Waals surface area (Å²) in [6.07, 6.45) is -7.93. The summed E-state index contributed by atoms with van der Waals surface area (Å²) in [6, 6.07) is 2.28. The summed E-state index contributed by atoms with van der Waals surface area (Å²) in [4.78, 5) is 2.00. The van der Waals surface area contributed by atoms with Gasteiger partial charge in [0, 0.05) is 18.2 Å². The lowest BCUT2D eigenvalue weighted by Crippen LogP contribution is -2.40. The van der Waals surface area contributed by atoms with Crippen molar-refractivity contribution in [2.75, 3.05) is 25.5 Å². The molecule has 1 saturated heterocycles. The van der Waals surface area contributed by atoms with Crippen molar-refractivity contribution in [3.63, 3.8) is 0 Å². The highest BCUT2D eigenvalue weighted by atomic mass is 19.4. The van der Waals surface area contributed by atoms with Crippen LogP contribution in [0.3, 0.4) is 0 Å². The average Bonchev–Trinajstić information content (AvgIpc) is 3.15. The van der Waals surface area contributed by atoms with Crippen molar-refractivity contribution in [2.45, 2.75) is 31.2 Å². The Kier molecular flexibility index (Phi) is 5.23.